The summed E-state index contributed by atoms with van der Waals surface area (Å²) in [4.78, 5) is 22.8. The van der Waals surface area contributed by atoms with Crippen LogP contribution in [0.5, 0.6) is 0 Å². The van der Waals surface area contributed by atoms with Crippen LogP contribution in [-0.4, -0.2) is 59.0 Å². The van der Waals surface area contributed by atoms with Gasteiger partial charge in [-0.25, -0.2) is 4.57 Å². The fraction of sp³-hybridized carbons (Fsp3) is 0.891. The van der Waals surface area contributed by atoms with Crippen molar-refractivity contribution in [2.45, 2.75) is 244 Å². The number of aliphatic hydroxyl groups is 2. The van der Waals surface area contributed by atoms with Crippen molar-refractivity contribution in [3.8, 4) is 0 Å². The van der Waals surface area contributed by atoms with Crippen LogP contribution in [0.2, 0.25) is 0 Å². The van der Waals surface area contributed by atoms with E-state index in [0.29, 0.717) is 12.8 Å². The Labute approximate surface area is 345 Å². The van der Waals surface area contributed by atoms with Crippen molar-refractivity contribution in [3.05, 3.63) is 24.3 Å². The molecular weight excluding hydrogens is 723 g/mol. The number of hydrogen-bond acceptors (Lipinski definition) is 7. The largest absolute Gasteiger partial charge is 0.472 e. The average Bonchev–Trinajstić information content (AvgIpc) is 3.17. The Bertz CT molecular complexity index is 950. The number of unbranched alkanes of at least 4 members (excludes halogenated alkanes) is 28. The molecule has 0 fully saturated rings. The Balaban J connectivity index is 4.25. The van der Waals surface area contributed by atoms with E-state index in [1.165, 1.54) is 161 Å². The fourth-order valence-corrected chi connectivity index (χ4v) is 7.78. The molecule has 9 nitrogen and oxygen atoms in total. The summed E-state index contributed by atoms with van der Waals surface area (Å²) in [7, 11) is -4.41. The first-order chi connectivity index (χ1) is 27.3. The highest BCUT2D eigenvalue weighted by molar-refractivity contribution is 7.47. The van der Waals surface area contributed by atoms with Gasteiger partial charge < -0.3 is 26.2 Å². The molecule has 0 spiro atoms. The predicted octanol–water partition coefficient (Wildman–Crippen LogP) is 12.3. The van der Waals surface area contributed by atoms with Gasteiger partial charge in [0.25, 0.3) is 0 Å². The van der Waals surface area contributed by atoms with Crippen LogP contribution in [0.15, 0.2) is 24.3 Å². The van der Waals surface area contributed by atoms with Gasteiger partial charge in [-0.05, 0) is 32.1 Å². The molecule has 0 saturated heterocycles. The molecule has 0 aliphatic carbocycles. The van der Waals surface area contributed by atoms with E-state index in [4.69, 9.17) is 14.8 Å². The molecule has 332 valence electrons. The number of nitrogens with two attached hydrogens (primary N) is 1. The van der Waals surface area contributed by atoms with Gasteiger partial charge in [0.15, 0.2) is 0 Å². The third-order valence-corrected chi connectivity index (χ3v) is 11.6. The Morgan fingerprint density at radius 3 is 1.48 bits per heavy atom. The van der Waals surface area contributed by atoms with Crippen LogP contribution in [0.1, 0.15) is 226 Å². The van der Waals surface area contributed by atoms with E-state index >= 15 is 0 Å². The molecule has 10 heteroatoms. The highest BCUT2D eigenvalue weighted by Crippen LogP contribution is 2.43. The second-order valence-electron chi connectivity index (χ2n) is 16.2. The van der Waals surface area contributed by atoms with Crippen molar-refractivity contribution >= 4 is 13.7 Å². The first kappa shape index (κ1) is 54.9. The Morgan fingerprint density at radius 2 is 1.02 bits per heavy atom. The molecule has 0 aliphatic heterocycles. The van der Waals surface area contributed by atoms with E-state index in [2.05, 4.69) is 31.3 Å². The zero-order valence-electron chi connectivity index (χ0n) is 36.5. The van der Waals surface area contributed by atoms with Gasteiger partial charge in [-0.1, -0.05) is 212 Å². The Morgan fingerprint density at radius 1 is 0.607 bits per heavy atom. The molecule has 0 bridgehead atoms. The average molecular weight is 815 g/mol. The number of carbonyl (C=O) groups is 1. The van der Waals surface area contributed by atoms with Gasteiger partial charge in [0.1, 0.15) is 0 Å². The quantitative estimate of drug-likeness (QED) is 0.0232. The molecule has 0 aliphatic rings. The third-order valence-electron chi connectivity index (χ3n) is 10.6. The van der Waals surface area contributed by atoms with Crippen LogP contribution >= 0.6 is 7.82 Å². The van der Waals surface area contributed by atoms with Crippen molar-refractivity contribution in [2.75, 3.05) is 19.8 Å². The smallest absolute Gasteiger partial charge is 0.393 e. The first-order valence-electron chi connectivity index (χ1n) is 23.5. The molecular formula is C46H91N2O7P. The van der Waals surface area contributed by atoms with E-state index < -0.39 is 38.6 Å². The van der Waals surface area contributed by atoms with Gasteiger partial charge in [-0.2, -0.15) is 0 Å². The lowest BCUT2D eigenvalue weighted by molar-refractivity contribution is -0.124. The standard InChI is InChI=1S/C46H91N2O7P/c1-3-5-7-9-11-13-15-17-19-20-21-22-24-25-27-29-31-33-35-37-43(49)41-46(51)48-44(42-55-56(52,53)54-40-39-47)45(50)38-36-34-32-30-28-26-23-18-16-14-12-10-8-6-4-2/h28,30,36,38,43-45,49-50H,3-27,29,31-35,37,39-42,47H2,1-2H3,(H,48,51)(H,52,53)/b30-28+,38-36+. The number of hydrogen-bond donors (Lipinski definition) is 5. The molecule has 0 aromatic heterocycles. The van der Waals surface area contributed by atoms with Crippen molar-refractivity contribution in [3.63, 3.8) is 0 Å². The number of phosphoric ester groups is 1. The van der Waals surface area contributed by atoms with E-state index in [0.717, 1.165) is 32.1 Å². The topological polar surface area (TPSA) is 151 Å². The number of rotatable bonds is 44. The molecule has 0 heterocycles. The number of carbonyl (C=O) groups excluding carboxylic acids is 1. The predicted molar refractivity (Wildman–Crippen MR) is 237 cm³/mol. The van der Waals surface area contributed by atoms with Gasteiger partial charge in [-0.15, -0.1) is 0 Å². The fourth-order valence-electron chi connectivity index (χ4n) is 7.02. The summed E-state index contributed by atoms with van der Waals surface area (Å²) in [5, 5.41) is 24.1. The SMILES string of the molecule is CCCCCCCCCCC/C=C/CC/C=C/C(O)C(COP(=O)(O)OCCN)NC(=O)CC(O)CCCCCCCCCCCCCCCCCCCCC. The minimum absolute atomic E-state index is 0.0461. The lowest BCUT2D eigenvalue weighted by atomic mass is 10.0. The summed E-state index contributed by atoms with van der Waals surface area (Å²) in [5.41, 5.74) is 5.37. The number of phosphoric acid groups is 1. The minimum Gasteiger partial charge on any atom is -0.393 e. The van der Waals surface area contributed by atoms with Crippen molar-refractivity contribution in [1.82, 2.24) is 5.32 Å². The molecule has 0 rings (SSSR count). The van der Waals surface area contributed by atoms with Crippen LogP contribution < -0.4 is 11.1 Å². The van der Waals surface area contributed by atoms with E-state index in [-0.39, 0.29) is 19.6 Å². The van der Waals surface area contributed by atoms with Gasteiger partial charge >= 0.3 is 7.82 Å². The first-order valence-corrected chi connectivity index (χ1v) is 25.0. The third kappa shape index (κ3) is 39.8. The summed E-state index contributed by atoms with van der Waals surface area (Å²) < 4.78 is 22.1. The molecule has 0 saturated carbocycles. The van der Waals surface area contributed by atoms with Crippen LogP contribution in [0.4, 0.5) is 0 Å². The monoisotopic (exact) mass is 815 g/mol. The van der Waals surface area contributed by atoms with Crippen LogP contribution in [0.3, 0.4) is 0 Å². The van der Waals surface area contributed by atoms with Gasteiger partial charge in [-0.3, -0.25) is 13.8 Å². The summed E-state index contributed by atoms with van der Waals surface area (Å²) in [6.45, 7) is 3.97. The molecule has 56 heavy (non-hydrogen) atoms. The van der Waals surface area contributed by atoms with Crippen LogP contribution in [0, 0.1) is 0 Å². The molecule has 6 N–H and O–H groups in total. The molecule has 4 unspecified atom stereocenters. The highest BCUT2D eigenvalue weighted by Gasteiger charge is 2.27. The zero-order valence-corrected chi connectivity index (χ0v) is 37.4. The number of aliphatic hydroxyl groups excluding tert-OH is 2. The van der Waals surface area contributed by atoms with Crippen molar-refractivity contribution < 1.29 is 33.5 Å². The molecule has 0 aromatic carbocycles. The summed E-state index contributed by atoms with van der Waals surface area (Å²) in [6, 6.07) is -0.995. The molecule has 4 atom stereocenters. The summed E-state index contributed by atoms with van der Waals surface area (Å²) in [5.74, 6) is -0.452. The van der Waals surface area contributed by atoms with Crippen LogP contribution in [-0.2, 0) is 18.4 Å². The summed E-state index contributed by atoms with van der Waals surface area (Å²) >= 11 is 0. The minimum atomic E-state index is -4.41. The normalized spacial score (nSPS) is 14.8. The Hall–Kier alpha value is -1.06. The number of amides is 1. The van der Waals surface area contributed by atoms with E-state index in [9.17, 15) is 24.5 Å². The lowest BCUT2D eigenvalue weighted by Gasteiger charge is -2.24. The number of allylic oxidation sites excluding steroid dienone is 3. The van der Waals surface area contributed by atoms with Gasteiger partial charge in [0, 0.05) is 6.54 Å². The maximum Gasteiger partial charge on any atom is 0.472 e. The van der Waals surface area contributed by atoms with E-state index in [1.54, 1.807) is 6.08 Å². The highest BCUT2D eigenvalue weighted by atomic mass is 31.2. The van der Waals surface area contributed by atoms with Crippen LogP contribution in [0.25, 0.3) is 0 Å². The van der Waals surface area contributed by atoms with Crippen molar-refractivity contribution in [1.29, 1.82) is 0 Å². The zero-order chi connectivity index (χ0) is 41.2. The second kappa shape index (κ2) is 42.1. The molecule has 0 aromatic rings. The van der Waals surface area contributed by atoms with E-state index in [1.807, 2.05) is 6.08 Å². The maximum atomic E-state index is 12.8. The lowest BCUT2D eigenvalue weighted by Crippen LogP contribution is -2.46. The summed E-state index contributed by atoms with van der Waals surface area (Å²) in [6.07, 6.45) is 45.5. The molecule has 1 amide bonds. The van der Waals surface area contributed by atoms with Gasteiger partial charge in [0.2, 0.25) is 5.91 Å². The second-order valence-corrected chi connectivity index (χ2v) is 17.6. The maximum absolute atomic E-state index is 12.8. The Kier molecular flexibility index (Phi) is 41.3. The number of nitrogens with one attached hydrogen (secondary N) is 1. The van der Waals surface area contributed by atoms with Gasteiger partial charge in [0.05, 0.1) is 37.9 Å². The van der Waals surface area contributed by atoms with Crippen molar-refractivity contribution in [2.24, 2.45) is 5.73 Å². The molecule has 0 radical (unpaired) electrons.